The lowest BCUT2D eigenvalue weighted by atomic mass is 9.60. The molecule has 1 saturated carbocycles. The lowest BCUT2D eigenvalue weighted by Gasteiger charge is -2.45. The van der Waals surface area contributed by atoms with Gasteiger partial charge in [0.05, 0.1) is 5.56 Å². The molecule has 0 aliphatic heterocycles. The molecule has 4 aliphatic carbocycles. The van der Waals surface area contributed by atoms with Crippen LogP contribution in [0.15, 0.2) is 28.7 Å². The average molecular weight is 573 g/mol. The third kappa shape index (κ3) is 4.62. The predicted octanol–water partition coefficient (Wildman–Crippen LogP) is 4.03. The number of hydrogen-bond donors (Lipinski definition) is 5. The van der Waals surface area contributed by atoms with Gasteiger partial charge in [-0.3, -0.25) is 19.3 Å². The van der Waals surface area contributed by atoms with Crippen LogP contribution in [0, 0.1) is 17.8 Å². The second-order valence-corrected chi connectivity index (χ2v) is 12.2. The van der Waals surface area contributed by atoms with E-state index in [1.54, 1.807) is 0 Å². The van der Waals surface area contributed by atoms with Crippen LogP contribution in [0.2, 0.25) is 5.02 Å². The number of Topliss-reactive ketones (excluding diaryl/α,β-unsaturated/α-hetero) is 2. The number of carbonyl (C=O) groups excluding carboxylic acids is 3. The van der Waals surface area contributed by atoms with Gasteiger partial charge in [-0.15, -0.1) is 0 Å². The summed E-state index contributed by atoms with van der Waals surface area (Å²) in [6, 6.07) is 1.49. The van der Waals surface area contributed by atoms with Crippen molar-refractivity contribution in [1.82, 2.24) is 4.90 Å². The Morgan fingerprint density at radius 1 is 1.12 bits per heavy atom. The molecule has 0 aromatic heterocycles. The van der Waals surface area contributed by atoms with Crippen LogP contribution in [-0.2, 0) is 22.6 Å². The van der Waals surface area contributed by atoms with E-state index in [0.29, 0.717) is 28.6 Å². The lowest BCUT2D eigenvalue weighted by molar-refractivity contribution is -0.144. The Morgan fingerprint density at radius 2 is 1.80 bits per heavy atom. The highest BCUT2D eigenvalue weighted by molar-refractivity contribution is 6.33. The van der Waals surface area contributed by atoms with Gasteiger partial charge in [0, 0.05) is 36.0 Å². The van der Waals surface area contributed by atoms with E-state index >= 15 is 0 Å². The number of benzene rings is 1. The summed E-state index contributed by atoms with van der Waals surface area (Å²) in [5.74, 6) is -5.84. The molecule has 1 unspecified atom stereocenters. The van der Waals surface area contributed by atoms with E-state index < -0.39 is 52.0 Å². The molecule has 0 heterocycles. The fourth-order valence-corrected chi connectivity index (χ4v) is 7.58. The van der Waals surface area contributed by atoms with Crippen molar-refractivity contribution in [2.75, 3.05) is 13.1 Å². The number of allylic oxidation sites excluding steroid dienone is 2. The molecule has 0 saturated heterocycles. The van der Waals surface area contributed by atoms with Gasteiger partial charge in [0.15, 0.2) is 11.4 Å². The number of primary amides is 1. The van der Waals surface area contributed by atoms with Gasteiger partial charge in [0.25, 0.3) is 5.91 Å². The maximum Gasteiger partial charge on any atom is 0.255 e. The number of hydrogen-bond acceptors (Lipinski definition) is 8. The smallest absolute Gasteiger partial charge is 0.255 e. The monoisotopic (exact) mass is 572 g/mol. The molecule has 0 radical (unpaired) electrons. The second kappa shape index (κ2) is 10.8. The first-order valence-electron chi connectivity index (χ1n) is 14.2. The Morgan fingerprint density at radius 3 is 2.42 bits per heavy atom. The number of aliphatic hydroxyl groups excluding tert-OH is 2. The normalized spacial score (nSPS) is 27.4. The standard InChI is InChI=1S/C30H37ClN2O7/c1-2-33(13-15-7-5-3-4-6-8-15)14-17-11-20(34)23-19(25(17)31)10-16-9-18-12-21(35)24(29(32)39)28(38)30(18,40)27(37)22(16)26(23)36/h11,15-16,18,34-35,37,40H,2-10,12-14H2,1H3,(H2,32,39)/t16?,18-,30-/m0/s1. The number of phenols is 1. The summed E-state index contributed by atoms with van der Waals surface area (Å²) in [6.07, 6.45) is 7.47. The van der Waals surface area contributed by atoms with Crippen LogP contribution in [0.5, 0.6) is 5.75 Å². The maximum absolute atomic E-state index is 13.7. The molecule has 1 aromatic carbocycles. The Hall–Kier alpha value is -2.88. The molecular formula is C30H37ClN2O7. The van der Waals surface area contributed by atoms with Crippen molar-refractivity contribution in [3.63, 3.8) is 0 Å². The zero-order valence-electron chi connectivity index (χ0n) is 22.7. The van der Waals surface area contributed by atoms with Crippen LogP contribution in [0.25, 0.3) is 0 Å². The zero-order valence-corrected chi connectivity index (χ0v) is 23.5. The minimum absolute atomic E-state index is 0.0582. The highest BCUT2D eigenvalue weighted by Crippen LogP contribution is 2.52. The number of ketones is 2. The van der Waals surface area contributed by atoms with Crippen LogP contribution in [0.1, 0.15) is 79.8 Å². The number of fused-ring (bicyclic) bond motifs is 3. The third-order valence-corrected chi connectivity index (χ3v) is 9.87. The summed E-state index contributed by atoms with van der Waals surface area (Å²) >= 11 is 6.90. The molecule has 9 nitrogen and oxygen atoms in total. The van der Waals surface area contributed by atoms with E-state index in [-0.39, 0.29) is 36.1 Å². The summed E-state index contributed by atoms with van der Waals surface area (Å²) in [5, 5.41) is 44.3. The Balaban J connectivity index is 1.48. The van der Waals surface area contributed by atoms with Crippen molar-refractivity contribution in [3.05, 3.63) is 50.4 Å². The number of rotatable bonds is 6. The van der Waals surface area contributed by atoms with Crippen molar-refractivity contribution in [3.8, 4) is 5.75 Å². The van der Waals surface area contributed by atoms with Crippen LogP contribution in [0.4, 0.5) is 0 Å². The van der Waals surface area contributed by atoms with Gasteiger partial charge in [-0.2, -0.15) is 0 Å². The van der Waals surface area contributed by atoms with Gasteiger partial charge in [-0.1, -0.05) is 44.2 Å². The highest BCUT2D eigenvalue weighted by Gasteiger charge is 2.59. The minimum Gasteiger partial charge on any atom is -0.511 e. The van der Waals surface area contributed by atoms with Crippen LogP contribution in [-0.4, -0.2) is 61.5 Å². The summed E-state index contributed by atoms with van der Waals surface area (Å²) < 4.78 is 0. The van der Waals surface area contributed by atoms with Crippen molar-refractivity contribution in [2.24, 2.45) is 23.5 Å². The van der Waals surface area contributed by atoms with E-state index in [4.69, 9.17) is 17.3 Å². The first-order chi connectivity index (χ1) is 19.0. The van der Waals surface area contributed by atoms with Gasteiger partial charge < -0.3 is 26.2 Å². The molecule has 0 spiro atoms. The molecule has 1 amide bonds. The van der Waals surface area contributed by atoms with E-state index in [1.165, 1.54) is 44.6 Å². The van der Waals surface area contributed by atoms with Crippen molar-refractivity contribution in [1.29, 1.82) is 0 Å². The molecule has 10 heteroatoms. The first kappa shape index (κ1) is 28.6. The van der Waals surface area contributed by atoms with Crippen LogP contribution < -0.4 is 5.73 Å². The van der Waals surface area contributed by atoms with Crippen LogP contribution in [0.3, 0.4) is 0 Å². The number of nitrogens with zero attached hydrogens (tertiary/aromatic N) is 1. The van der Waals surface area contributed by atoms with E-state index in [1.807, 2.05) is 0 Å². The van der Waals surface area contributed by atoms with Gasteiger partial charge in [0.2, 0.25) is 5.78 Å². The number of amides is 1. The zero-order chi connectivity index (χ0) is 28.9. The molecule has 1 fully saturated rings. The van der Waals surface area contributed by atoms with Crippen molar-refractivity contribution >= 4 is 29.1 Å². The fourth-order valence-electron chi connectivity index (χ4n) is 7.30. The third-order valence-electron chi connectivity index (χ3n) is 9.40. The number of halogens is 1. The lowest BCUT2D eigenvalue weighted by Crippen LogP contribution is -2.57. The van der Waals surface area contributed by atoms with Gasteiger partial charge in [-0.05, 0) is 61.3 Å². The van der Waals surface area contributed by atoms with E-state index in [9.17, 15) is 34.8 Å². The quantitative estimate of drug-likeness (QED) is 0.252. The number of phenolic OH excluding ortho intramolecular Hbond substituents is 1. The number of carbonyl (C=O) groups is 3. The minimum atomic E-state index is -2.57. The molecule has 216 valence electrons. The Kier molecular flexibility index (Phi) is 7.76. The first-order valence-corrected chi connectivity index (χ1v) is 14.6. The number of nitrogens with two attached hydrogens (primary N) is 1. The van der Waals surface area contributed by atoms with Crippen LogP contribution >= 0.6 is 11.6 Å². The number of aliphatic hydroxyl groups is 3. The summed E-state index contributed by atoms with van der Waals surface area (Å²) in [7, 11) is 0. The molecule has 40 heavy (non-hydrogen) atoms. The highest BCUT2D eigenvalue weighted by atomic mass is 35.5. The summed E-state index contributed by atoms with van der Waals surface area (Å²) in [4.78, 5) is 40.9. The molecule has 0 bridgehead atoms. The van der Waals surface area contributed by atoms with Crippen molar-refractivity contribution < 1.29 is 34.8 Å². The Labute approximate surface area is 238 Å². The molecule has 1 aromatic rings. The molecule has 5 rings (SSSR count). The summed E-state index contributed by atoms with van der Waals surface area (Å²) in [6.45, 7) is 4.36. The van der Waals surface area contributed by atoms with Gasteiger partial charge in [0.1, 0.15) is 22.8 Å². The van der Waals surface area contributed by atoms with Gasteiger partial charge >= 0.3 is 0 Å². The number of aromatic hydroxyl groups is 1. The topological polar surface area (TPSA) is 161 Å². The maximum atomic E-state index is 13.7. The molecular weight excluding hydrogens is 536 g/mol. The van der Waals surface area contributed by atoms with E-state index in [2.05, 4.69) is 11.8 Å². The average Bonchev–Trinajstić information content (AvgIpc) is 3.17. The van der Waals surface area contributed by atoms with E-state index in [0.717, 1.165) is 13.1 Å². The fraction of sp³-hybridized carbons (Fsp3) is 0.567. The predicted molar refractivity (Wildman–Crippen MR) is 148 cm³/mol. The Bertz CT molecular complexity index is 1330. The SMILES string of the molecule is CCN(Cc1cc(O)c2c(c1Cl)CC1C[C@H]3CC(O)=C(C(N)=O)C(=O)[C@@]3(O)C(O)=C1C2=O)CC1CCCCCC1. The van der Waals surface area contributed by atoms with Gasteiger partial charge in [-0.25, -0.2) is 0 Å². The summed E-state index contributed by atoms with van der Waals surface area (Å²) in [5.41, 5.74) is 2.83. The molecule has 3 atom stereocenters. The second-order valence-electron chi connectivity index (χ2n) is 11.8. The van der Waals surface area contributed by atoms with Crippen molar-refractivity contribution in [2.45, 2.75) is 76.9 Å². The molecule has 4 aliphatic rings. The largest absolute Gasteiger partial charge is 0.511 e. The molecule has 6 N–H and O–H groups in total.